The molecule has 1 rings (SSSR count). The number of hydrogen-bond donors (Lipinski definition) is 3. The molecular formula is C14H26N2O4. The van der Waals surface area contributed by atoms with E-state index in [0.717, 1.165) is 12.8 Å². The molecule has 0 aromatic heterocycles. The van der Waals surface area contributed by atoms with E-state index < -0.39 is 29.1 Å². The van der Waals surface area contributed by atoms with Crippen LogP contribution in [0.2, 0.25) is 0 Å². The van der Waals surface area contributed by atoms with Crippen molar-refractivity contribution in [3.8, 4) is 0 Å². The van der Waals surface area contributed by atoms with E-state index >= 15 is 0 Å². The van der Waals surface area contributed by atoms with E-state index in [0.29, 0.717) is 12.8 Å². The number of carboxylic acid groups (broad SMARTS) is 1. The topological polar surface area (TPSA) is 89.9 Å². The third kappa shape index (κ3) is 4.37. The minimum absolute atomic E-state index is 0.231. The zero-order valence-corrected chi connectivity index (χ0v) is 12.8. The van der Waals surface area contributed by atoms with E-state index in [-0.39, 0.29) is 6.54 Å². The molecule has 20 heavy (non-hydrogen) atoms. The highest BCUT2D eigenvalue weighted by Gasteiger charge is 2.36. The summed E-state index contributed by atoms with van der Waals surface area (Å²) in [6.07, 6.45) is 3.30. The fourth-order valence-electron chi connectivity index (χ4n) is 2.59. The van der Waals surface area contributed by atoms with Gasteiger partial charge in [-0.3, -0.25) is 0 Å². The molecule has 1 saturated carbocycles. The predicted octanol–water partition coefficient (Wildman–Crippen LogP) is 1.43. The first-order valence-electron chi connectivity index (χ1n) is 7.02. The number of carbonyl (C=O) groups is 2. The summed E-state index contributed by atoms with van der Waals surface area (Å²) in [6.45, 7) is 5.51. The van der Waals surface area contributed by atoms with E-state index in [4.69, 9.17) is 0 Å². The van der Waals surface area contributed by atoms with Gasteiger partial charge in [0.25, 0.3) is 0 Å². The lowest BCUT2D eigenvalue weighted by molar-refractivity contribution is -0.142. The lowest BCUT2D eigenvalue weighted by Crippen LogP contribution is -2.54. The normalized spacial score (nSPS) is 19.4. The molecule has 116 valence electrons. The number of carbonyl (C=O) groups excluding carboxylic acids is 1. The first kappa shape index (κ1) is 16.8. The fourth-order valence-corrected chi connectivity index (χ4v) is 2.59. The molecular weight excluding hydrogens is 260 g/mol. The Morgan fingerprint density at radius 1 is 1.30 bits per heavy atom. The van der Waals surface area contributed by atoms with Crippen LogP contribution in [0.3, 0.4) is 0 Å². The third-order valence-electron chi connectivity index (χ3n) is 3.79. The van der Waals surface area contributed by atoms with Crippen LogP contribution in [0.25, 0.3) is 0 Å². The highest BCUT2D eigenvalue weighted by molar-refractivity contribution is 5.83. The van der Waals surface area contributed by atoms with Gasteiger partial charge in [-0.25, -0.2) is 9.59 Å². The van der Waals surface area contributed by atoms with Crippen molar-refractivity contribution in [2.75, 3.05) is 13.6 Å². The zero-order chi connectivity index (χ0) is 15.6. The summed E-state index contributed by atoms with van der Waals surface area (Å²) >= 11 is 0. The van der Waals surface area contributed by atoms with Crippen molar-refractivity contribution in [2.24, 2.45) is 5.41 Å². The van der Waals surface area contributed by atoms with Crippen LogP contribution in [0.1, 0.15) is 46.5 Å². The molecule has 0 heterocycles. The van der Waals surface area contributed by atoms with Gasteiger partial charge in [-0.2, -0.15) is 0 Å². The molecule has 2 amide bonds. The van der Waals surface area contributed by atoms with E-state index in [2.05, 4.69) is 5.32 Å². The monoisotopic (exact) mass is 286 g/mol. The Balaban J connectivity index is 2.62. The molecule has 6 heteroatoms. The van der Waals surface area contributed by atoms with Crippen LogP contribution in [-0.2, 0) is 4.79 Å². The van der Waals surface area contributed by atoms with Crippen molar-refractivity contribution in [2.45, 2.75) is 58.1 Å². The highest BCUT2D eigenvalue weighted by Crippen LogP contribution is 2.30. The molecule has 1 aliphatic rings. The van der Waals surface area contributed by atoms with Gasteiger partial charge in [0.2, 0.25) is 0 Å². The molecule has 6 nitrogen and oxygen atoms in total. The second-order valence-electron chi connectivity index (χ2n) is 6.87. The number of rotatable bonds is 4. The number of aliphatic hydroxyl groups is 1. The van der Waals surface area contributed by atoms with Crippen LogP contribution in [0.4, 0.5) is 4.79 Å². The maximum atomic E-state index is 12.1. The largest absolute Gasteiger partial charge is 0.480 e. The van der Waals surface area contributed by atoms with Crippen molar-refractivity contribution < 1.29 is 19.8 Å². The van der Waals surface area contributed by atoms with Crippen LogP contribution < -0.4 is 5.32 Å². The lowest BCUT2D eigenvalue weighted by atomic mass is 9.87. The molecule has 0 bridgehead atoms. The average molecular weight is 286 g/mol. The van der Waals surface area contributed by atoms with E-state index in [1.165, 1.54) is 4.90 Å². The van der Waals surface area contributed by atoms with Crippen LogP contribution in [0.5, 0.6) is 0 Å². The van der Waals surface area contributed by atoms with Gasteiger partial charge in [-0.1, -0.05) is 33.6 Å². The highest BCUT2D eigenvalue weighted by atomic mass is 16.4. The third-order valence-corrected chi connectivity index (χ3v) is 3.79. The maximum absolute atomic E-state index is 12.1. The van der Waals surface area contributed by atoms with Crippen LogP contribution in [0, 0.1) is 5.41 Å². The number of carboxylic acids is 1. The number of nitrogens with zero attached hydrogens (tertiary/aromatic N) is 1. The molecule has 0 unspecified atom stereocenters. The molecule has 1 fully saturated rings. The Morgan fingerprint density at radius 3 is 2.20 bits per heavy atom. The molecule has 1 atom stereocenters. The van der Waals surface area contributed by atoms with Gasteiger partial charge in [0, 0.05) is 7.05 Å². The molecule has 0 spiro atoms. The number of likely N-dealkylation sites (N-methyl/N-ethyl adjacent to an activating group) is 1. The first-order valence-corrected chi connectivity index (χ1v) is 7.02. The molecule has 0 aromatic carbocycles. The summed E-state index contributed by atoms with van der Waals surface area (Å²) < 4.78 is 0. The van der Waals surface area contributed by atoms with E-state index in [1.54, 1.807) is 27.8 Å². The maximum Gasteiger partial charge on any atom is 0.326 e. The van der Waals surface area contributed by atoms with Gasteiger partial charge in [0.1, 0.15) is 6.04 Å². The van der Waals surface area contributed by atoms with Gasteiger partial charge in [0.15, 0.2) is 0 Å². The number of hydrogen-bond acceptors (Lipinski definition) is 3. The SMILES string of the molecule is CN(CC1(O)CCCC1)C(=O)N[C@H](C(=O)O)C(C)(C)C. The van der Waals surface area contributed by atoms with Crippen LogP contribution >= 0.6 is 0 Å². The van der Waals surface area contributed by atoms with Crippen molar-refractivity contribution in [1.82, 2.24) is 10.2 Å². The second kappa shape index (κ2) is 5.99. The Labute approximate surface area is 120 Å². The Morgan fingerprint density at radius 2 is 1.80 bits per heavy atom. The summed E-state index contributed by atoms with van der Waals surface area (Å²) in [5.41, 5.74) is -1.40. The summed E-state index contributed by atoms with van der Waals surface area (Å²) in [5.74, 6) is -1.06. The lowest BCUT2D eigenvalue weighted by Gasteiger charge is -2.32. The van der Waals surface area contributed by atoms with Gasteiger partial charge in [-0.15, -0.1) is 0 Å². The Bertz CT molecular complexity index is 370. The van der Waals surface area contributed by atoms with Crippen molar-refractivity contribution in [1.29, 1.82) is 0 Å². The van der Waals surface area contributed by atoms with Crippen molar-refractivity contribution >= 4 is 12.0 Å². The first-order chi connectivity index (χ1) is 9.05. The minimum atomic E-state index is -1.06. The quantitative estimate of drug-likeness (QED) is 0.729. The van der Waals surface area contributed by atoms with Gasteiger partial charge < -0.3 is 20.4 Å². The van der Waals surface area contributed by atoms with E-state index in [9.17, 15) is 19.8 Å². The zero-order valence-electron chi connectivity index (χ0n) is 12.8. The van der Waals surface area contributed by atoms with E-state index in [1.807, 2.05) is 0 Å². The molecule has 0 aromatic rings. The van der Waals surface area contributed by atoms with Crippen molar-refractivity contribution in [3.63, 3.8) is 0 Å². The molecule has 3 N–H and O–H groups in total. The molecule has 0 radical (unpaired) electrons. The Hall–Kier alpha value is -1.30. The molecule has 0 aliphatic heterocycles. The molecule has 1 aliphatic carbocycles. The summed E-state index contributed by atoms with van der Waals surface area (Å²) in [5, 5.41) is 22.0. The smallest absolute Gasteiger partial charge is 0.326 e. The number of urea groups is 1. The average Bonchev–Trinajstić information content (AvgIpc) is 2.70. The minimum Gasteiger partial charge on any atom is -0.480 e. The number of nitrogens with one attached hydrogen (secondary N) is 1. The predicted molar refractivity (Wildman–Crippen MR) is 75.5 cm³/mol. The summed E-state index contributed by atoms with van der Waals surface area (Å²) in [4.78, 5) is 24.7. The van der Waals surface area contributed by atoms with Crippen LogP contribution in [-0.4, -0.2) is 52.3 Å². The summed E-state index contributed by atoms with van der Waals surface area (Å²) in [6, 6.07) is -1.43. The fraction of sp³-hybridized carbons (Fsp3) is 0.857. The second-order valence-corrected chi connectivity index (χ2v) is 6.87. The van der Waals surface area contributed by atoms with Gasteiger partial charge in [-0.05, 0) is 18.3 Å². The van der Waals surface area contributed by atoms with Gasteiger partial charge in [0.05, 0.1) is 12.1 Å². The Kier molecular flexibility index (Phi) is 5.02. The number of aliphatic carboxylic acids is 1. The number of amides is 2. The molecule has 0 saturated heterocycles. The van der Waals surface area contributed by atoms with Crippen molar-refractivity contribution in [3.05, 3.63) is 0 Å². The van der Waals surface area contributed by atoms with Gasteiger partial charge >= 0.3 is 12.0 Å². The standard InChI is InChI=1S/C14H26N2O4/c1-13(2,3)10(11(17)18)15-12(19)16(4)9-14(20)7-5-6-8-14/h10,20H,5-9H2,1-4H3,(H,15,19)(H,17,18)/t10-/m1/s1. The summed E-state index contributed by atoms with van der Waals surface area (Å²) in [7, 11) is 1.58. The van der Waals surface area contributed by atoms with Crippen LogP contribution in [0.15, 0.2) is 0 Å².